The predicted molar refractivity (Wildman–Crippen MR) is 108 cm³/mol. The van der Waals surface area contributed by atoms with Crippen LogP contribution in [0.25, 0.3) is 0 Å². The Morgan fingerprint density at radius 2 is 1.72 bits per heavy atom. The van der Waals surface area contributed by atoms with E-state index in [0.717, 1.165) is 35.7 Å². The Hall–Kier alpha value is -2.20. The Labute approximate surface area is 156 Å². The first-order chi connectivity index (χ1) is 11.6. The van der Waals surface area contributed by atoms with E-state index in [1.807, 2.05) is 47.4 Å². The number of aryl methyl sites for hydroxylation is 1. The SMILES string of the molecule is CC1CN(C)c2ccccc2N(C(=O)CCc2ccccc2N)C1.Cl. The highest BCUT2D eigenvalue weighted by Gasteiger charge is 2.26. The summed E-state index contributed by atoms with van der Waals surface area (Å²) in [6.07, 6.45) is 1.15. The fourth-order valence-electron chi connectivity index (χ4n) is 3.42. The van der Waals surface area contributed by atoms with Crippen molar-refractivity contribution in [3.63, 3.8) is 0 Å². The minimum absolute atomic E-state index is 0. The molecule has 0 fully saturated rings. The highest BCUT2D eigenvalue weighted by atomic mass is 35.5. The van der Waals surface area contributed by atoms with E-state index in [1.54, 1.807) is 0 Å². The zero-order chi connectivity index (χ0) is 17.1. The van der Waals surface area contributed by atoms with Gasteiger partial charge < -0.3 is 15.5 Å². The number of nitrogen functional groups attached to an aromatic ring is 1. The van der Waals surface area contributed by atoms with Crippen LogP contribution in [0.5, 0.6) is 0 Å². The van der Waals surface area contributed by atoms with Crippen molar-refractivity contribution in [2.75, 3.05) is 35.7 Å². The molecule has 1 amide bonds. The van der Waals surface area contributed by atoms with Crippen molar-refractivity contribution in [1.29, 1.82) is 0 Å². The molecule has 4 nitrogen and oxygen atoms in total. The summed E-state index contributed by atoms with van der Waals surface area (Å²) >= 11 is 0. The third kappa shape index (κ3) is 4.26. The molecule has 5 heteroatoms. The lowest BCUT2D eigenvalue weighted by molar-refractivity contribution is -0.118. The van der Waals surface area contributed by atoms with Gasteiger partial charge in [0.1, 0.15) is 0 Å². The molecule has 25 heavy (non-hydrogen) atoms. The van der Waals surface area contributed by atoms with Gasteiger partial charge in [0, 0.05) is 32.2 Å². The molecule has 0 aliphatic carbocycles. The molecular formula is C20H26ClN3O. The molecule has 0 aromatic heterocycles. The number of hydrogen-bond donors (Lipinski definition) is 1. The van der Waals surface area contributed by atoms with Crippen LogP contribution in [0.15, 0.2) is 48.5 Å². The van der Waals surface area contributed by atoms with Gasteiger partial charge in [-0.3, -0.25) is 4.79 Å². The van der Waals surface area contributed by atoms with Crippen LogP contribution in [0.2, 0.25) is 0 Å². The van der Waals surface area contributed by atoms with Crippen molar-refractivity contribution in [3.05, 3.63) is 54.1 Å². The van der Waals surface area contributed by atoms with Crippen LogP contribution < -0.4 is 15.5 Å². The van der Waals surface area contributed by atoms with E-state index in [9.17, 15) is 4.79 Å². The van der Waals surface area contributed by atoms with Crippen LogP contribution in [-0.2, 0) is 11.2 Å². The van der Waals surface area contributed by atoms with Gasteiger partial charge in [-0.05, 0) is 36.1 Å². The quantitative estimate of drug-likeness (QED) is 0.849. The first-order valence-electron chi connectivity index (χ1n) is 8.50. The normalized spacial score (nSPS) is 16.6. The zero-order valence-electron chi connectivity index (χ0n) is 14.8. The molecule has 0 saturated heterocycles. The number of rotatable bonds is 3. The molecule has 0 bridgehead atoms. The molecule has 0 spiro atoms. The smallest absolute Gasteiger partial charge is 0.227 e. The Kier molecular flexibility index (Phi) is 6.32. The number of hydrogen-bond acceptors (Lipinski definition) is 3. The van der Waals surface area contributed by atoms with Crippen molar-refractivity contribution < 1.29 is 4.79 Å². The van der Waals surface area contributed by atoms with E-state index >= 15 is 0 Å². The second kappa shape index (κ2) is 8.26. The van der Waals surface area contributed by atoms with E-state index < -0.39 is 0 Å². The van der Waals surface area contributed by atoms with Gasteiger partial charge in [0.2, 0.25) is 5.91 Å². The average molecular weight is 360 g/mol. The molecule has 1 heterocycles. The maximum absolute atomic E-state index is 12.9. The molecule has 1 aliphatic rings. The first-order valence-corrected chi connectivity index (χ1v) is 8.50. The lowest BCUT2D eigenvalue weighted by atomic mass is 10.1. The summed E-state index contributed by atoms with van der Waals surface area (Å²) in [7, 11) is 2.09. The summed E-state index contributed by atoms with van der Waals surface area (Å²) in [5.41, 5.74) is 9.92. The summed E-state index contributed by atoms with van der Waals surface area (Å²) in [5, 5.41) is 0. The summed E-state index contributed by atoms with van der Waals surface area (Å²) < 4.78 is 0. The van der Waals surface area contributed by atoms with Gasteiger partial charge in [0.05, 0.1) is 11.4 Å². The molecule has 2 N–H and O–H groups in total. The lowest BCUT2D eigenvalue weighted by Gasteiger charge is -2.24. The number of nitrogens with zero attached hydrogens (tertiary/aromatic N) is 2. The molecule has 1 aliphatic heterocycles. The van der Waals surface area contributed by atoms with Crippen LogP contribution in [0.4, 0.5) is 17.1 Å². The number of carbonyl (C=O) groups excluding carboxylic acids is 1. The van der Waals surface area contributed by atoms with Crippen molar-refractivity contribution in [1.82, 2.24) is 0 Å². The van der Waals surface area contributed by atoms with Crippen molar-refractivity contribution in [3.8, 4) is 0 Å². The van der Waals surface area contributed by atoms with Gasteiger partial charge in [-0.2, -0.15) is 0 Å². The molecule has 2 aromatic carbocycles. The van der Waals surface area contributed by atoms with Crippen LogP contribution in [0, 0.1) is 5.92 Å². The Morgan fingerprint density at radius 1 is 1.08 bits per heavy atom. The fraction of sp³-hybridized carbons (Fsp3) is 0.350. The second-order valence-corrected chi connectivity index (χ2v) is 6.68. The van der Waals surface area contributed by atoms with E-state index in [1.165, 1.54) is 0 Å². The summed E-state index contributed by atoms with van der Waals surface area (Å²) in [6, 6.07) is 15.9. The molecule has 1 unspecified atom stereocenters. The zero-order valence-corrected chi connectivity index (χ0v) is 15.6. The van der Waals surface area contributed by atoms with Crippen LogP contribution in [0.3, 0.4) is 0 Å². The Balaban J connectivity index is 0.00000225. The van der Waals surface area contributed by atoms with E-state index in [-0.39, 0.29) is 18.3 Å². The number of nitrogens with two attached hydrogens (primary N) is 1. The van der Waals surface area contributed by atoms with Gasteiger partial charge >= 0.3 is 0 Å². The third-order valence-electron chi connectivity index (χ3n) is 4.63. The molecular weight excluding hydrogens is 334 g/mol. The number of fused-ring (bicyclic) bond motifs is 1. The number of benzene rings is 2. The maximum atomic E-state index is 12.9. The highest BCUT2D eigenvalue weighted by molar-refractivity contribution is 5.97. The van der Waals surface area contributed by atoms with Crippen molar-refractivity contribution in [2.45, 2.75) is 19.8 Å². The van der Waals surface area contributed by atoms with E-state index in [2.05, 4.69) is 24.9 Å². The standard InChI is InChI=1S/C20H25N3O.ClH/c1-15-13-22(2)18-9-5-6-10-19(18)23(14-15)20(24)12-11-16-7-3-4-8-17(16)21;/h3-10,15H,11-14,21H2,1-2H3;1H. The molecule has 0 radical (unpaired) electrons. The van der Waals surface area contributed by atoms with Gasteiger partial charge in [0.25, 0.3) is 0 Å². The minimum atomic E-state index is 0. The lowest BCUT2D eigenvalue weighted by Crippen LogP contribution is -2.35. The maximum Gasteiger partial charge on any atom is 0.227 e. The Bertz CT molecular complexity index is 734. The van der Waals surface area contributed by atoms with Gasteiger partial charge in [0.15, 0.2) is 0 Å². The average Bonchev–Trinajstić information content (AvgIpc) is 2.70. The van der Waals surface area contributed by atoms with Crippen LogP contribution in [0.1, 0.15) is 18.9 Å². The summed E-state index contributed by atoms with van der Waals surface area (Å²) in [5.74, 6) is 0.584. The number of para-hydroxylation sites is 3. The third-order valence-corrected chi connectivity index (χ3v) is 4.63. The molecule has 1 atom stereocenters. The van der Waals surface area contributed by atoms with Gasteiger partial charge in [-0.15, -0.1) is 12.4 Å². The highest BCUT2D eigenvalue weighted by Crippen LogP contribution is 2.33. The van der Waals surface area contributed by atoms with Crippen LogP contribution >= 0.6 is 12.4 Å². The van der Waals surface area contributed by atoms with Crippen LogP contribution in [-0.4, -0.2) is 26.0 Å². The number of anilines is 3. The molecule has 3 rings (SSSR count). The predicted octanol–water partition coefficient (Wildman–Crippen LogP) is 3.74. The van der Waals surface area contributed by atoms with Gasteiger partial charge in [-0.1, -0.05) is 37.3 Å². The second-order valence-electron chi connectivity index (χ2n) is 6.68. The molecule has 0 saturated carbocycles. The molecule has 134 valence electrons. The van der Waals surface area contributed by atoms with Gasteiger partial charge in [-0.25, -0.2) is 0 Å². The topological polar surface area (TPSA) is 49.6 Å². The number of amides is 1. The minimum Gasteiger partial charge on any atom is -0.399 e. The first kappa shape index (κ1) is 19.1. The monoisotopic (exact) mass is 359 g/mol. The van der Waals surface area contributed by atoms with E-state index in [4.69, 9.17) is 5.73 Å². The van der Waals surface area contributed by atoms with E-state index in [0.29, 0.717) is 18.8 Å². The summed E-state index contributed by atoms with van der Waals surface area (Å²) in [6.45, 7) is 3.90. The Morgan fingerprint density at radius 3 is 2.44 bits per heavy atom. The fourth-order valence-corrected chi connectivity index (χ4v) is 3.42. The molecule has 2 aromatic rings. The summed E-state index contributed by atoms with van der Waals surface area (Å²) in [4.78, 5) is 17.1. The van der Waals surface area contributed by atoms with Crippen molar-refractivity contribution >= 4 is 35.4 Å². The number of halogens is 1. The number of carbonyl (C=O) groups is 1. The largest absolute Gasteiger partial charge is 0.399 e. The van der Waals surface area contributed by atoms with Crippen molar-refractivity contribution in [2.24, 2.45) is 5.92 Å².